The molecule has 0 aromatic carbocycles. The summed E-state index contributed by atoms with van der Waals surface area (Å²) in [5.41, 5.74) is 5.26. The molecule has 2 rings (SSSR count). The van der Waals surface area contributed by atoms with Gasteiger partial charge in [-0.1, -0.05) is 0 Å². The van der Waals surface area contributed by atoms with Crippen LogP contribution in [0.3, 0.4) is 0 Å². The van der Waals surface area contributed by atoms with Crippen LogP contribution >= 0.6 is 27.3 Å². The second kappa shape index (κ2) is 4.00. The largest absolute Gasteiger partial charge is 0.369 e. The molecular weight excluding hydrogens is 322 g/mol. The number of nitrogens with zero attached hydrogens (tertiary/aromatic N) is 2. The first-order valence-corrected chi connectivity index (χ1v) is 8.46. The summed E-state index contributed by atoms with van der Waals surface area (Å²) in [6, 6.07) is 1.96. The van der Waals surface area contributed by atoms with E-state index in [0.29, 0.717) is 5.75 Å². The van der Waals surface area contributed by atoms with Gasteiger partial charge in [-0.05, 0) is 40.2 Å². The fourth-order valence-corrected chi connectivity index (χ4v) is 5.52. The monoisotopic (exact) mass is 335 g/mol. The number of hydrogen-bond acceptors (Lipinski definition) is 4. The molecule has 2 N–H and O–H groups in total. The molecule has 7 heteroatoms. The van der Waals surface area contributed by atoms with Crippen molar-refractivity contribution in [1.29, 1.82) is 0 Å². The third kappa shape index (κ3) is 2.11. The van der Waals surface area contributed by atoms with Crippen molar-refractivity contribution in [2.45, 2.75) is 12.5 Å². The molecule has 0 saturated heterocycles. The van der Waals surface area contributed by atoms with Crippen LogP contribution in [0.25, 0.3) is 0 Å². The van der Waals surface area contributed by atoms with Crippen molar-refractivity contribution in [2.24, 2.45) is 10.7 Å². The van der Waals surface area contributed by atoms with Crippen LogP contribution < -0.4 is 5.73 Å². The van der Waals surface area contributed by atoms with Crippen molar-refractivity contribution >= 4 is 48.8 Å². The van der Waals surface area contributed by atoms with Gasteiger partial charge in [-0.25, -0.2) is 9.20 Å². The highest BCUT2D eigenvalue weighted by Crippen LogP contribution is 2.39. The summed E-state index contributed by atoms with van der Waals surface area (Å²) in [5.74, 6) is 4.43. The number of hydrogen-bond donors (Lipinski definition) is 1. The molecule has 1 aliphatic heterocycles. The number of thiophene rings is 1. The third-order valence-electron chi connectivity index (χ3n) is 2.80. The Kier molecular flexibility index (Phi) is 3.04. The lowest BCUT2D eigenvalue weighted by atomic mass is 10.0. The lowest BCUT2D eigenvalue weighted by Crippen LogP contribution is -2.50. The summed E-state index contributed by atoms with van der Waals surface area (Å²) in [4.78, 5) is 5.51. The first kappa shape index (κ1) is 12.9. The van der Waals surface area contributed by atoms with Gasteiger partial charge in [0.25, 0.3) is 0 Å². The fraction of sp³-hybridized carbons (Fsp3) is 0.400. The summed E-state index contributed by atoms with van der Waals surface area (Å²) in [7, 11) is -0.734. The van der Waals surface area contributed by atoms with E-state index in [2.05, 4.69) is 26.8 Å². The van der Waals surface area contributed by atoms with Crippen molar-refractivity contribution in [3.63, 3.8) is 0 Å². The zero-order valence-electron chi connectivity index (χ0n) is 9.64. The van der Waals surface area contributed by atoms with Gasteiger partial charge in [-0.2, -0.15) is 0 Å². The number of aliphatic imine (C=N–C) groups is 1. The maximum absolute atomic E-state index is 12.4. The van der Waals surface area contributed by atoms with Crippen molar-refractivity contribution < 1.29 is 4.21 Å². The van der Waals surface area contributed by atoms with Gasteiger partial charge in [-0.3, -0.25) is 4.31 Å². The standard InChI is InChI=1S/C10H14BrN3OS2/c1-10(8-7(11)4-5-16-8)6-17(3,15)14(2)9(12)13-10/h4-5H,3,6H2,1-2H3,(H2,12,13)/t10-,17?/m0/s1. The molecule has 1 aromatic heterocycles. The van der Waals surface area contributed by atoms with Crippen LogP contribution in [0.2, 0.25) is 0 Å². The van der Waals surface area contributed by atoms with E-state index in [9.17, 15) is 4.21 Å². The van der Waals surface area contributed by atoms with Gasteiger partial charge in [0.1, 0.15) is 5.54 Å². The molecule has 0 saturated carbocycles. The van der Waals surface area contributed by atoms with E-state index in [-0.39, 0.29) is 5.96 Å². The molecule has 1 aliphatic rings. The predicted octanol–water partition coefficient (Wildman–Crippen LogP) is 1.62. The molecule has 94 valence electrons. The molecule has 17 heavy (non-hydrogen) atoms. The van der Waals surface area contributed by atoms with Gasteiger partial charge in [0.15, 0.2) is 0 Å². The number of halogens is 1. The van der Waals surface area contributed by atoms with Crippen LogP contribution in [0.4, 0.5) is 0 Å². The van der Waals surface area contributed by atoms with Crippen LogP contribution in [0, 0.1) is 0 Å². The first-order valence-electron chi connectivity index (χ1n) is 4.94. The summed E-state index contributed by atoms with van der Waals surface area (Å²) < 4.78 is 14.9. The summed E-state index contributed by atoms with van der Waals surface area (Å²) in [6.07, 6.45) is 0. The van der Waals surface area contributed by atoms with E-state index >= 15 is 0 Å². The Morgan fingerprint density at radius 3 is 2.88 bits per heavy atom. The SMILES string of the molecule is C=S1(=O)C[C@@](C)(c2sccc2Br)N=C(N)N1C. The second-order valence-corrected chi connectivity index (χ2v) is 8.41. The van der Waals surface area contributed by atoms with Crippen molar-refractivity contribution in [3.05, 3.63) is 20.8 Å². The molecule has 1 unspecified atom stereocenters. The van der Waals surface area contributed by atoms with Crippen molar-refractivity contribution in [3.8, 4) is 0 Å². The average Bonchev–Trinajstić information content (AvgIpc) is 2.61. The zero-order chi connectivity index (χ0) is 12.8. The van der Waals surface area contributed by atoms with Crippen LogP contribution in [0.5, 0.6) is 0 Å². The maximum atomic E-state index is 12.4. The zero-order valence-corrected chi connectivity index (χ0v) is 12.9. The minimum Gasteiger partial charge on any atom is -0.369 e. The van der Waals surface area contributed by atoms with Crippen LogP contribution in [0.15, 0.2) is 20.9 Å². The van der Waals surface area contributed by atoms with E-state index < -0.39 is 15.2 Å². The Balaban J connectivity index is 2.58. The molecule has 0 amide bonds. The highest BCUT2D eigenvalue weighted by atomic mass is 79.9. The van der Waals surface area contributed by atoms with Gasteiger partial charge >= 0.3 is 0 Å². The maximum Gasteiger partial charge on any atom is 0.203 e. The molecule has 0 spiro atoms. The van der Waals surface area contributed by atoms with Crippen molar-refractivity contribution in [1.82, 2.24) is 4.31 Å². The van der Waals surface area contributed by atoms with E-state index in [1.165, 1.54) is 4.31 Å². The van der Waals surface area contributed by atoms with Gasteiger partial charge in [-0.15, -0.1) is 11.3 Å². The lowest BCUT2D eigenvalue weighted by Gasteiger charge is -2.36. The third-order valence-corrected chi connectivity index (χ3v) is 7.09. The molecular formula is C10H14BrN3OS2. The van der Waals surface area contributed by atoms with E-state index in [4.69, 9.17) is 5.73 Å². The summed E-state index contributed by atoms with van der Waals surface area (Å²) >= 11 is 5.06. The van der Waals surface area contributed by atoms with Crippen LogP contribution in [0.1, 0.15) is 11.8 Å². The topological polar surface area (TPSA) is 58.7 Å². The molecule has 0 aliphatic carbocycles. The Bertz CT molecular complexity index is 578. The van der Waals surface area contributed by atoms with Gasteiger partial charge in [0, 0.05) is 16.4 Å². The fourth-order valence-electron chi connectivity index (χ4n) is 1.86. The quantitative estimate of drug-likeness (QED) is 0.793. The van der Waals surface area contributed by atoms with E-state index in [1.807, 2.05) is 18.4 Å². The summed E-state index contributed by atoms with van der Waals surface area (Å²) in [5, 5.41) is 1.97. The Morgan fingerprint density at radius 1 is 1.76 bits per heavy atom. The van der Waals surface area contributed by atoms with Crippen LogP contribution in [-0.2, 0) is 15.2 Å². The molecule has 1 aromatic rings. The molecule has 2 atom stereocenters. The molecule has 0 fully saturated rings. The Morgan fingerprint density at radius 2 is 2.41 bits per heavy atom. The number of rotatable bonds is 1. The minimum absolute atomic E-state index is 0.277. The lowest BCUT2D eigenvalue weighted by molar-refractivity contribution is 0.520. The van der Waals surface area contributed by atoms with E-state index in [0.717, 1.165) is 9.35 Å². The van der Waals surface area contributed by atoms with E-state index in [1.54, 1.807) is 18.4 Å². The van der Waals surface area contributed by atoms with Gasteiger partial charge in [0.05, 0.1) is 15.5 Å². The molecule has 0 bridgehead atoms. The predicted molar refractivity (Wildman–Crippen MR) is 78.9 cm³/mol. The highest BCUT2D eigenvalue weighted by Gasteiger charge is 2.38. The Hall–Kier alpha value is -0.530. The highest BCUT2D eigenvalue weighted by molar-refractivity contribution is 9.10. The smallest absolute Gasteiger partial charge is 0.203 e. The van der Waals surface area contributed by atoms with Crippen molar-refractivity contribution in [2.75, 3.05) is 12.8 Å². The second-order valence-electron chi connectivity index (χ2n) is 4.26. The van der Waals surface area contributed by atoms with Gasteiger partial charge < -0.3 is 5.73 Å². The van der Waals surface area contributed by atoms with Crippen LogP contribution in [-0.4, -0.2) is 33.1 Å². The molecule has 4 nitrogen and oxygen atoms in total. The molecule has 2 heterocycles. The Labute approximate surface area is 114 Å². The van der Waals surface area contributed by atoms with Gasteiger partial charge in [0.2, 0.25) is 5.96 Å². The minimum atomic E-state index is -2.40. The number of guanidine groups is 1. The normalized spacial score (nSPS) is 33.6. The average molecular weight is 336 g/mol. The summed E-state index contributed by atoms with van der Waals surface area (Å²) in [6.45, 7) is 1.94. The first-order chi connectivity index (χ1) is 7.76. The number of nitrogens with two attached hydrogens (primary N) is 1. The molecule has 0 radical (unpaired) electrons.